The van der Waals surface area contributed by atoms with Crippen molar-refractivity contribution in [2.75, 3.05) is 50.1 Å². The number of fused-ring (bicyclic) bond motifs is 1. The molecule has 0 radical (unpaired) electrons. The van der Waals surface area contributed by atoms with E-state index >= 15 is 0 Å². The van der Waals surface area contributed by atoms with Gasteiger partial charge in [0.2, 0.25) is 0 Å². The zero-order valence-corrected chi connectivity index (χ0v) is 16.1. The van der Waals surface area contributed by atoms with Crippen LogP contribution in [0.4, 0.5) is 16.2 Å². The third kappa shape index (κ3) is 4.42. The molecule has 3 rings (SSSR count). The van der Waals surface area contributed by atoms with Crippen molar-refractivity contribution in [3.63, 3.8) is 0 Å². The van der Waals surface area contributed by atoms with Crippen LogP contribution in [0.1, 0.15) is 18.1 Å². The van der Waals surface area contributed by atoms with Crippen LogP contribution in [0.5, 0.6) is 0 Å². The van der Waals surface area contributed by atoms with E-state index in [2.05, 4.69) is 33.3 Å². The second kappa shape index (κ2) is 8.73. The number of allylic oxidation sites excluding steroid dienone is 1. The predicted octanol–water partition coefficient (Wildman–Crippen LogP) is 2.34. The minimum Gasteiger partial charge on any atom is -0.448 e. The topological polar surface area (TPSA) is 104 Å². The number of carbonyl (C=O) groups excluding carboxylic acids is 1. The lowest BCUT2D eigenvalue weighted by Gasteiger charge is -2.26. The molecular formula is C19H24N6O3. The third-order valence-electron chi connectivity index (χ3n) is 4.50. The Hall–Kier alpha value is -3.09. The maximum absolute atomic E-state index is 12.2. The average Bonchev–Trinajstić information content (AvgIpc) is 2.98. The summed E-state index contributed by atoms with van der Waals surface area (Å²) in [5, 5.41) is 19.5. The molecule has 2 aromatic rings. The molecule has 0 unspecified atom stereocenters. The molecule has 0 atom stereocenters. The highest BCUT2D eigenvalue weighted by molar-refractivity contribution is 5.92. The number of morpholine rings is 1. The molecule has 0 aliphatic carbocycles. The van der Waals surface area contributed by atoms with Gasteiger partial charge in [-0.25, -0.2) is 9.31 Å². The number of nitrogens with one attached hydrogen (secondary N) is 2. The summed E-state index contributed by atoms with van der Waals surface area (Å²) in [4.78, 5) is 14.4. The van der Waals surface area contributed by atoms with Gasteiger partial charge >= 0.3 is 6.09 Å². The Balaban J connectivity index is 1.71. The van der Waals surface area contributed by atoms with E-state index in [1.54, 1.807) is 17.6 Å². The highest BCUT2D eigenvalue weighted by Gasteiger charge is 2.17. The Morgan fingerprint density at radius 3 is 2.86 bits per heavy atom. The summed E-state index contributed by atoms with van der Waals surface area (Å²) in [5.41, 5.74) is 3.75. The minimum absolute atomic E-state index is 0.303. The van der Waals surface area contributed by atoms with Crippen LogP contribution in [0.3, 0.4) is 0 Å². The second-order valence-electron chi connectivity index (χ2n) is 6.63. The van der Waals surface area contributed by atoms with Crippen LogP contribution in [0.25, 0.3) is 5.52 Å². The molecule has 28 heavy (non-hydrogen) atoms. The van der Waals surface area contributed by atoms with E-state index in [0.29, 0.717) is 54.5 Å². The molecule has 1 fully saturated rings. The van der Waals surface area contributed by atoms with E-state index in [0.717, 1.165) is 18.7 Å². The lowest BCUT2D eigenvalue weighted by Crippen LogP contribution is -2.38. The third-order valence-corrected chi connectivity index (χ3v) is 4.50. The second-order valence-corrected chi connectivity index (χ2v) is 6.63. The van der Waals surface area contributed by atoms with Gasteiger partial charge in [-0.1, -0.05) is 6.58 Å². The predicted molar refractivity (Wildman–Crippen MR) is 105 cm³/mol. The minimum atomic E-state index is -0.526. The van der Waals surface area contributed by atoms with Gasteiger partial charge in [-0.3, -0.25) is 10.2 Å². The Labute approximate surface area is 163 Å². The fraction of sp³-hybridized carbons (Fsp3) is 0.421. The first-order valence-corrected chi connectivity index (χ1v) is 9.07. The fourth-order valence-corrected chi connectivity index (χ4v) is 3.08. The molecule has 0 aromatic carbocycles. The van der Waals surface area contributed by atoms with Crippen molar-refractivity contribution in [3.8, 4) is 6.07 Å². The van der Waals surface area contributed by atoms with Crippen LogP contribution in [-0.4, -0.2) is 60.1 Å². The van der Waals surface area contributed by atoms with Gasteiger partial charge in [0, 0.05) is 30.9 Å². The molecule has 0 bridgehead atoms. The number of aryl methyl sites for hydroxylation is 1. The Kier molecular flexibility index (Phi) is 6.13. The van der Waals surface area contributed by atoms with Crippen molar-refractivity contribution in [1.82, 2.24) is 14.5 Å². The molecule has 2 N–H and O–H groups in total. The molecule has 1 aliphatic rings. The van der Waals surface area contributed by atoms with E-state index in [1.165, 1.54) is 6.20 Å². The number of aromatic nitrogens is 2. The van der Waals surface area contributed by atoms with Crippen molar-refractivity contribution in [3.05, 3.63) is 35.8 Å². The van der Waals surface area contributed by atoms with E-state index < -0.39 is 6.09 Å². The number of hydrogen-bond donors (Lipinski definition) is 2. The Morgan fingerprint density at radius 2 is 2.18 bits per heavy atom. The molecule has 3 heterocycles. The van der Waals surface area contributed by atoms with Crippen LogP contribution in [0, 0.1) is 18.3 Å². The molecular weight excluding hydrogens is 360 g/mol. The highest BCUT2D eigenvalue weighted by Crippen LogP contribution is 2.30. The first kappa shape index (κ1) is 19.7. The normalized spacial score (nSPS) is 14.5. The molecule has 1 aliphatic heterocycles. The van der Waals surface area contributed by atoms with Crippen molar-refractivity contribution < 1.29 is 14.3 Å². The first-order chi connectivity index (χ1) is 13.5. The van der Waals surface area contributed by atoms with Crippen LogP contribution < -0.4 is 10.6 Å². The van der Waals surface area contributed by atoms with E-state index in [1.807, 2.05) is 6.92 Å². The summed E-state index contributed by atoms with van der Waals surface area (Å²) in [6, 6.07) is 2.12. The molecule has 0 spiro atoms. The van der Waals surface area contributed by atoms with Crippen LogP contribution in [0.15, 0.2) is 24.7 Å². The van der Waals surface area contributed by atoms with Gasteiger partial charge in [0.1, 0.15) is 12.7 Å². The van der Waals surface area contributed by atoms with Crippen LogP contribution in [0.2, 0.25) is 0 Å². The number of ether oxygens (including phenoxy) is 2. The number of hydrogen-bond acceptors (Lipinski definition) is 7. The van der Waals surface area contributed by atoms with Crippen LogP contribution in [-0.2, 0) is 9.47 Å². The maximum Gasteiger partial charge on any atom is 0.411 e. The Bertz CT molecular complexity index is 924. The molecule has 9 heteroatoms. The lowest BCUT2D eigenvalue weighted by atomic mass is 10.2. The number of amides is 1. The van der Waals surface area contributed by atoms with Gasteiger partial charge < -0.3 is 14.8 Å². The van der Waals surface area contributed by atoms with Gasteiger partial charge in [0.25, 0.3) is 0 Å². The SMILES string of the molecule is C=C(C)Nc1c(C#N)cnn2cc(NC(=O)OCCN3CCOCC3)c(C)c12. The molecule has 148 valence electrons. The summed E-state index contributed by atoms with van der Waals surface area (Å²) >= 11 is 0. The van der Waals surface area contributed by atoms with Gasteiger partial charge in [0.05, 0.1) is 48.1 Å². The molecule has 1 saturated heterocycles. The van der Waals surface area contributed by atoms with E-state index in [-0.39, 0.29) is 0 Å². The number of carbonyl (C=O) groups is 1. The van der Waals surface area contributed by atoms with Gasteiger partial charge in [-0.2, -0.15) is 10.4 Å². The van der Waals surface area contributed by atoms with Gasteiger partial charge in [-0.05, 0) is 13.8 Å². The summed E-state index contributed by atoms with van der Waals surface area (Å²) in [6.45, 7) is 11.6. The summed E-state index contributed by atoms with van der Waals surface area (Å²) < 4.78 is 12.2. The Morgan fingerprint density at radius 1 is 1.43 bits per heavy atom. The summed E-state index contributed by atoms with van der Waals surface area (Å²) in [6.07, 6.45) is 2.64. The summed E-state index contributed by atoms with van der Waals surface area (Å²) in [5.74, 6) is 0. The van der Waals surface area contributed by atoms with Crippen molar-refractivity contribution in [2.45, 2.75) is 13.8 Å². The zero-order valence-electron chi connectivity index (χ0n) is 16.1. The smallest absolute Gasteiger partial charge is 0.411 e. The van der Waals surface area contributed by atoms with Gasteiger partial charge in [-0.15, -0.1) is 0 Å². The number of rotatable bonds is 6. The maximum atomic E-state index is 12.2. The zero-order chi connectivity index (χ0) is 20.1. The molecule has 9 nitrogen and oxygen atoms in total. The molecule has 0 saturated carbocycles. The molecule has 1 amide bonds. The quantitative estimate of drug-likeness (QED) is 0.788. The largest absolute Gasteiger partial charge is 0.448 e. The first-order valence-electron chi connectivity index (χ1n) is 9.07. The van der Waals surface area contributed by atoms with E-state index in [9.17, 15) is 10.1 Å². The van der Waals surface area contributed by atoms with Crippen molar-refractivity contribution >= 4 is 23.0 Å². The number of nitriles is 1. The van der Waals surface area contributed by atoms with Gasteiger partial charge in [0.15, 0.2) is 0 Å². The number of anilines is 2. The highest BCUT2D eigenvalue weighted by atomic mass is 16.5. The van der Waals surface area contributed by atoms with Crippen LogP contribution >= 0.6 is 0 Å². The molecule has 2 aromatic heterocycles. The number of nitrogens with zero attached hydrogens (tertiary/aromatic N) is 4. The summed E-state index contributed by atoms with van der Waals surface area (Å²) in [7, 11) is 0. The monoisotopic (exact) mass is 384 g/mol. The fourth-order valence-electron chi connectivity index (χ4n) is 3.08. The standard InChI is InChI=1S/C19H24N6O3/c1-13(2)22-17-15(10-20)11-21-25-12-16(14(3)18(17)25)23-19(26)28-9-6-24-4-7-27-8-5-24/h11-12,22H,1,4-9H2,2-3H3,(H,23,26). The average molecular weight is 384 g/mol. The van der Waals surface area contributed by atoms with Crippen molar-refractivity contribution in [1.29, 1.82) is 5.26 Å². The lowest BCUT2D eigenvalue weighted by molar-refractivity contribution is 0.0290. The van der Waals surface area contributed by atoms with Crippen molar-refractivity contribution in [2.24, 2.45) is 0 Å². The van der Waals surface area contributed by atoms with E-state index in [4.69, 9.17) is 9.47 Å².